The fraction of sp³-hybridized carbons (Fsp3) is 0.481. The van der Waals surface area contributed by atoms with Crippen molar-refractivity contribution in [1.82, 2.24) is 25.9 Å². The standard InChI is InChI=1S/C27H41N9O6/c1-3-15(2)22(28)25(40)35-20(12-17-13-31-14-33-17)24(39)34-19(5-4-10-32-27(29)30)23(38)36-21(26(41)42)11-16-6-8-18(37)9-7-16/h6-9,13-15,19-22,37H,3-5,10-12,28H2,1-2H3,(H,31,33)(H,34,39)(H,35,40)(H,36,38)(H,41,42)(H4,29,30,32). The molecule has 3 amide bonds. The summed E-state index contributed by atoms with van der Waals surface area (Å²) in [6.07, 6.45) is 3.89. The Kier molecular flexibility index (Phi) is 13.2. The molecule has 0 radical (unpaired) electrons. The van der Waals surface area contributed by atoms with Gasteiger partial charge in [0.25, 0.3) is 0 Å². The van der Waals surface area contributed by atoms with Gasteiger partial charge in [-0.15, -0.1) is 0 Å². The van der Waals surface area contributed by atoms with E-state index in [2.05, 4.69) is 30.9 Å². The highest BCUT2D eigenvalue weighted by molar-refractivity contribution is 5.94. The van der Waals surface area contributed by atoms with Crippen LogP contribution in [0.15, 0.2) is 41.8 Å². The van der Waals surface area contributed by atoms with E-state index in [-0.39, 0.29) is 49.9 Å². The van der Waals surface area contributed by atoms with Gasteiger partial charge in [0.05, 0.1) is 12.4 Å². The molecule has 0 aliphatic rings. The third-order valence-corrected chi connectivity index (χ3v) is 6.74. The van der Waals surface area contributed by atoms with Crippen molar-refractivity contribution in [3.8, 4) is 5.75 Å². The quantitative estimate of drug-likeness (QED) is 0.0610. The predicted molar refractivity (Wildman–Crippen MR) is 155 cm³/mol. The van der Waals surface area contributed by atoms with Crippen LogP contribution in [0.4, 0.5) is 0 Å². The van der Waals surface area contributed by atoms with Crippen molar-refractivity contribution >= 4 is 29.7 Å². The zero-order valence-electron chi connectivity index (χ0n) is 23.7. The highest BCUT2D eigenvalue weighted by Gasteiger charge is 2.31. The lowest BCUT2D eigenvalue weighted by Crippen LogP contribution is -2.58. The number of nitrogens with one attached hydrogen (secondary N) is 4. The van der Waals surface area contributed by atoms with Gasteiger partial charge in [0, 0.05) is 31.3 Å². The average molecular weight is 588 g/mol. The van der Waals surface area contributed by atoms with Gasteiger partial charge in [-0.05, 0) is 36.5 Å². The maximum atomic E-state index is 13.5. The van der Waals surface area contributed by atoms with E-state index in [9.17, 15) is 29.4 Å². The number of guanidine groups is 1. The number of nitrogens with two attached hydrogens (primary N) is 3. The first-order valence-corrected chi connectivity index (χ1v) is 13.6. The van der Waals surface area contributed by atoms with Crippen molar-refractivity contribution in [1.29, 1.82) is 0 Å². The number of H-pyrrole nitrogens is 1. The van der Waals surface area contributed by atoms with Crippen molar-refractivity contribution in [2.75, 3.05) is 6.54 Å². The van der Waals surface area contributed by atoms with Crippen molar-refractivity contribution in [2.45, 2.75) is 70.1 Å². The van der Waals surface area contributed by atoms with Gasteiger partial charge in [-0.1, -0.05) is 32.4 Å². The summed E-state index contributed by atoms with van der Waals surface area (Å²) in [4.78, 5) is 62.3. The maximum Gasteiger partial charge on any atom is 0.326 e. The van der Waals surface area contributed by atoms with Crippen LogP contribution in [0.2, 0.25) is 0 Å². The summed E-state index contributed by atoms with van der Waals surface area (Å²) in [6.45, 7) is 3.88. The molecule has 0 saturated carbocycles. The number of carboxylic acid groups (broad SMARTS) is 1. The minimum atomic E-state index is -1.33. The van der Waals surface area contributed by atoms with E-state index < -0.39 is 47.9 Å². The van der Waals surface area contributed by atoms with Gasteiger partial charge in [-0.3, -0.25) is 19.4 Å². The smallest absolute Gasteiger partial charge is 0.326 e. The molecule has 230 valence electrons. The number of amides is 3. The van der Waals surface area contributed by atoms with Crippen LogP contribution in [-0.2, 0) is 32.0 Å². The molecule has 15 heteroatoms. The topological polar surface area (TPSA) is 264 Å². The number of phenolic OH excluding ortho intramolecular Hbond substituents is 1. The molecule has 5 unspecified atom stereocenters. The normalized spacial score (nSPS) is 14.5. The molecule has 12 N–H and O–H groups in total. The molecule has 15 nitrogen and oxygen atoms in total. The monoisotopic (exact) mass is 587 g/mol. The van der Waals surface area contributed by atoms with Gasteiger partial charge in [-0.25, -0.2) is 9.78 Å². The number of aliphatic carboxylic acids is 1. The van der Waals surface area contributed by atoms with E-state index >= 15 is 0 Å². The number of hydrogen-bond acceptors (Lipinski definition) is 8. The molecule has 42 heavy (non-hydrogen) atoms. The molecule has 1 aromatic carbocycles. The van der Waals surface area contributed by atoms with E-state index in [1.165, 1.54) is 24.7 Å². The lowest BCUT2D eigenvalue weighted by molar-refractivity contribution is -0.142. The zero-order valence-corrected chi connectivity index (χ0v) is 23.7. The van der Waals surface area contributed by atoms with E-state index in [0.29, 0.717) is 17.7 Å². The van der Waals surface area contributed by atoms with Gasteiger partial charge in [0.2, 0.25) is 17.7 Å². The second kappa shape index (κ2) is 16.6. The number of aromatic hydroxyl groups is 1. The number of hydrogen-bond donors (Lipinski definition) is 9. The molecule has 1 heterocycles. The zero-order chi connectivity index (χ0) is 31.2. The summed E-state index contributed by atoms with van der Waals surface area (Å²) in [5, 5.41) is 27.0. The Morgan fingerprint density at radius 2 is 1.60 bits per heavy atom. The van der Waals surface area contributed by atoms with Gasteiger partial charge >= 0.3 is 5.97 Å². The molecule has 0 aliphatic carbocycles. The molecule has 0 aliphatic heterocycles. The first-order valence-electron chi connectivity index (χ1n) is 13.6. The lowest BCUT2D eigenvalue weighted by Gasteiger charge is -2.26. The molecule has 5 atom stereocenters. The van der Waals surface area contributed by atoms with Crippen LogP contribution in [0.5, 0.6) is 5.75 Å². The van der Waals surface area contributed by atoms with Crippen molar-refractivity contribution in [2.24, 2.45) is 28.1 Å². The third kappa shape index (κ3) is 11.1. The number of aromatic amines is 1. The minimum absolute atomic E-state index is 0.0140. The molecular formula is C27H41N9O6. The molecule has 2 rings (SSSR count). The Morgan fingerprint density at radius 1 is 0.976 bits per heavy atom. The minimum Gasteiger partial charge on any atom is -0.508 e. The van der Waals surface area contributed by atoms with Gasteiger partial charge in [0.15, 0.2) is 5.96 Å². The average Bonchev–Trinajstić information content (AvgIpc) is 3.46. The second-order valence-electron chi connectivity index (χ2n) is 10.0. The number of benzene rings is 1. The van der Waals surface area contributed by atoms with Crippen LogP contribution in [0.25, 0.3) is 0 Å². The Balaban J connectivity index is 2.24. The van der Waals surface area contributed by atoms with Gasteiger partial charge in [-0.2, -0.15) is 0 Å². The molecule has 0 spiro atoms. The highest BCUT2D eigenvalue weighted by atomic mass is 16.4. The number of carbonyl (C=O) groups is 4. The molecule has 1 aromatic heterocycles. The SMILES string of the molecule is CCC(C)C(N)C(=O)NC(Cc1cnc[nH]1)C(=O)NC(CCCN=C(N)N)C(=O)NC(Cc1ccc(O)cc1)C(=O)O. The molecule has 0 saturated heterocycles. The molecule has 2 aromatic rings. The highest BCUT2D eigenvalue weighted by Crippen LogP contribution is 2.12. The van der Waals surface area contributed by atoms with Crippen LogP contribution in [-0.4, -0.2) is 80.5 Å². The van der Waals surface area contributed by atoms with E-state index in [0.717, 1.165) is 0 Å². The Morgan fingerprint density at radius 3 is 2.17 bits per heavy atom. The lowest BCUT2D eigenvalue weighted by atomic mass is 9.98. The Labute approximate surface area is 243 Å². The Hall–Kier alpha value is -4.66. The first-order chi connectivity index (χ1) is 19.9. The van der Waals surface area contributed by atoms with Crippen LogP contribution in [0.3, 0.4) is 0 Å². The first kappa shape index (κ1) is 33.5. The van der Waals surface area contributed by atoms with Crippen molar-refractivity contribution in [3.63, 3.8) is 0 Å². The van der Waals surface area contributed by atoms with Gasteiger partial charge in [0.1, 0.15) is 23.9 Å². The number of rotatable bonds is 17. The fourth-order valence-electron chi connectivity index (χ4n) is 3.99. The summed E-state index contributed by atoms with van der Waals surface area (Å²) in [5.41, 5.74) is 17.9. The van der Waals surface area contributed by atoms with E-state index in [4.69, 9.17) is 17.2 Å². The summed E-state index contributed by atoms with van der Waals surface area (Å²) in [5.74, 6) is -3.51. The van der Waals surface area contributed by atoms with Crippen LogP contribution >= 0.6 is 0 Å². The fourth-order valence-corrected chi connectivity index (χ4v) is 3.99. The summed E-state index contributed by atoms with van der Waals surface area (Å²) < 4.78 is 0. The molecular weight excluding hydrogens is 546 g/mol. The largest absolute Gasteiger partial charge is 0.508 e. The predicted octanol–water partition coefficient (Wildman–Crippen LogP) is -1.13. The number of carbonyl (C=O) groups excluding carboxylic acids is 3. The van der Waals surface area contributed by atoms with E-state index in [1.807, 2.05) is 13.8 Å². The van der Waals surface area contributed by atoms with Gasteiger partial charge < -0.3 is 48.3 Å². The van der Waals surface area contributed by atoms with Crippen LogP contribution in [0, 0.1) is 5.92 Å². The van der Waals surface area contributed by atoms with E-state index in [1.54, 1.807) is 12.1 Å². The summed E-state index contributed by atoms with van der Waals surface area (Å²) in [7, 11) is 0. The molecule has 0 bridgehead atoms. The summed E-state index contributed by atoms with van der Waals surface area (Å²) >= 11 is 0. The number of nitrogens with zero attached hydrogens (tertiary/aromatic N) is 2. The maximum absolute atomic E-state index is 13.5. The Bertz CT molecular complexity index is 1200. The third-order valence-electron chi connectivity index (χ3n) is 6.74. The van der Waals surface area contributed by atoms with Crippen LogP contribution < -0.4 is 33.2 Å². The van der Waals surface area contributed by atoms with Crippen molar-refractivity contribution in [3.05, 3.63) is 48.0 Å². The summed E-state index contributed by atoms with van der Waals surface area (Å²) in [6, 6.07) is 1.41. The number of aliphatic imine (C=N–C) groups is 1. The van der Waals surface area contributed by atoms with Crippen LogP contribution in [0.1, 0.15) is 44.4 Å². The number of carboxylic acids is 1. The number of imidazole rings is 1. The number of phenols is 1. The van der Waals surface area contributed by atoms with Crippen molar-refractivity contribution < 1.29 is 29.4 Å². The number of aromatic nitrogens is 2. The molecule has 0 fully saturated rings. The second-order valence-corrected chi connectivity index (χ2v) is 10.0.